The van der Waals surface area contributed by atoms with Crippen LogP contribution in [0.1, 0.15) is 44.6 Å². The minimum absolute atomic E-state index is 0.00933. The zero-order chi connectivity index (χ0) is 29.4. The number of aliphatic imine (C=N–C) groups is 1. The monoisotopic (exact) mass is 550 g/mol. The van der Waals surface area contributed by atoms with E-state index < -0.39 is 54.0 Å². The summed E-state index contributed by atoms with van der Waals surface area (Å²) in [5, 5.41) is 27.0. The van der Waals surface area contributed by atoms with Gasteiger partial charge in [-0.1, -0.05) is 30.3 Å². The number of rotatable bonds is 18. The molecule has 13 N–H and O–H groups in total. The van der Waals surface area contributed by atoms with Crippen LogP contribution in [-0.4, -0.2) is 83.2 Å². The van der Waals surface area contributed by atoms with E-state index in [9.17, 15) is 29.4 Å². The Morgan fingerprint density at radius 1 is 0.897 bits per heavy atom. The lowest BCUT2D eigenvalue weighted by molar-refractivity contribution is -0.143. The van der Waals surface area contributed by atoms with Gasteiger partial charge in [-0.05, 0) is 57.6 Å². The third-order valence-corrected chi connectivity index (χ3v) is 5.84. The molecular formula is C25H42N8O6. The first-order valence-corrected chi connectivity index (χ1v) is 12.8. The molecule has 39 heavy (non-hydrogen) atoms. The largest absolute Gasteiger partial charge is 0.480 e. The van der Waals surface area contributed by atoms with Crippen LogP contribution in [0, 0.1) is 0 Å². The van der Waals surface area contributed by atoms with Crippen LogP contribution >= 0.6 is 0 Å². The zero-order valence-corrected chi connectivity index (χ0v) is 22.2. The summed E-state index contributed by atoms with van der Waals surface area (Å²) in [6, 6.07) is 4.37. The number of aliphatic carboxylic acids is 1. The highest BCUT2D eigenvalue weighted by Crippen LogP contribution is 2.07. The Bertz CT molecular complexity index is 955. The average molecular weight is 551 g/mol. The van der Waals surface area contributed by atoms with Gasteiger partial charge in [0.2, 0.25) is 17.7 Å². The maximum atomic E-state index is 13.1. The summed E-state index contributed by atoms with van der Waals surface area (Å²) < 4.78 is 0. The molecule has 0 aliphatic rings. The van der Waals surface area contributed by atoms with Gasteiger partial charge >= 0.3 is 5.97 Å². The van der Waals surface area contributed by atoms with Crippen LogP contribution in [0.15, 0.2) is 35.3 Å². The number of hydrogen-bond acceptors (Lipinski definition) is 8. The number of nitrogens with zero attached hydrogens (tertiary/aromatic N) is 1. The first-order chi connectivity index (χ1) is 18.5. The molecule has 14 nitrogen and oxygen atoms in total. The highest BCUT2D eigenvalue weighted by molar-refractivity contribution is 5.94. The lowest BCUT2D eigenvalue weighted by Gasteiger charge is -2.26. The number of amides is 3. The summed E-state index contributed by atoms with van der Waals surface area (Å²) in [6.07, 6.45) is 0.466. The molecule has 5 atom stereocenters. The van der Waals surface area contributed by atoms with E-state index in [4.69, 9.17) is 22.9 Å². The standard InChI is InChI=1S/C25H42N8O6/c1-15(34)20(23(37)32-19(24(38)39)11-7-13-30-25(28)29)33-22(36)18(10-5-6-12-26)31-21(35)17(27)14-16-8-3-2-4-9-16/h2-4,8-9,15,17-20,34H,5-7,10-14,26-27H2,1H3,(H,31,35)(H,32,37)(H,33,36)(H,38,39)(H4,28,29,30). The summed E-state index contributed by atoms with van der Waals surface area (Å²) in [6.45, 7) is 1.82. The summed E-state index contributed by atoms with van der Waals surface area (Å²) in [4.78, 5) is 54.1. The maximum absolute atomic E-state index is 13.1. The molecule has 0 aromatic heterocycles. The predicted octanol–water partition coefficient (Wildman–Crippen LogP) is -2.34. The normalized spacial score (nSPS) is 14.7. The molecule has 3 amide bonds. The number of carbonyl (C=O) groups is 4. The van der Waals surface area contributed by atoms with Gasteiger partial charge in [-0.15, -0.1) is 0 Å². The second kappa shape index (κ2) is 17.7. The maximum Gasteiger partial charge on any atom is 0.326 e. The van der Waals surface area contributed by atoms with Gasteiger partial charge in [-0.3, -0.25) is 19.4 Å². The number of nitrogens with one attached hydrogen (secondary N) is 3. The Balaban J connectivity index is 2.90. The third kappa shape index (κ3) is 13.0. The van der Waals surface area contributed by atoms with Gasteiger partial charge in [0.15, 0.2) is 5.96 Å². The molecule has 0 radical (unpaired) electrons. The number of aliphatic hydroxyl groups is 1. The lowest BCUT2D eigenvalue weighted by atomic mass is 10.0. The number of carboxylic acid groups (broad SMARTS) is 1. The van der Waals surface area contributed by atoms with Crippen LogP contribution in [0.2, 0.25) is 0 Å². The molecule has 1 rings (SSSR count). The van der Waals surface area contributed by atoms with Crippen LogP contribution in [0.25, 0.3) is 0 Å². The molecule has 14 heteroatoms. The van der Waals surface area contributed by atoms with Gasteiger partial charge in [0.05, 0.1) is 12.1 Å². The summed E-state index contributed by atoms with van der Waals surface area (Å²) in [5.74, 6) is -3.63. The Hall–Kier alpha value is -3.75. The average Bonchev–Trinajstić information content (AvgIpc) is 2.88. The number of carbonyl (C=O) groups excluding carboxylic acids is 3. The molecule has 0 spiro atoms. The molecule has 218 valence electrons. The zero-order valence-electron chi connectivity index (χ0n) is 22.2. The number of benzene rings is 1. The van der Waals surface area contributed by atoms with Crippen LogP contribution in [-0.2, 0) is 25.6 Å². The molecule has 0 saturated carbocycles. The van der Waals surface area contributed by atoms with Crippen LogP contribution in [0.5, 0.6) is 0 Å². The second-order valence-electron chi connectivity index (χ2n) is 9.22. The van der Waals surface area contributed by atoms with Gasteiger partial charge in [-0.2, -0.15) is 0 Å². The molecule has 0 bridgehead atoms. The minimum Gasteiger partial charge on any atom is -0.480 e. The van der Waals surface area contributed by atoms with Gasteiger partial charge in [0.25, 0.3) is 0 Å². The fraction of sp³-hybridized carbons (Fsp3) is 0.560. The highest BCUT2D eigenvalue weighted by atomic mass is 16.4. The van der Waals surface area contributed by atoms with E-state index in [0.717, 1.165) is 5.56 Å². The molecule has 1 aromatic rings. The van der Waals surface area contributed by atoms with Crippen LogP contribution < -0.4 is 38.9 Å². The van der Waals surface area contributed by atoms with Gasteiger partial charge in [-0.25, -0.2) is 4.79 Å². The van der Waals surface area contributed by atoms with E-state index in [1.165, 1.54) is 6.92 Å². The summed E-state index contributed by atoms with van der Waals surface area (Å²) >= 11 is 0. The second-order valence-corrected chi connectivity index (χ2v) is 9.22. The third-order valence-electron chi connectivity index (χ3n) is 5.84. The quantitative estimate of drug-likeness (QED) is 0.0534. The van der Waals surface area contributed by atoms with E-state index in [1.54, 1.807) is 0 Å². The number of guanidine groups is 1. The van der Waals surface area contributed by atoms with E-state index in [1.807, 2.05) is 30.3 Å². The Morgan fingerprint density at radius 2 is 1.51 bits per heavy atom. The van der Waals surface area contributed by atoms with Crippen molar-refractivity contribution >= 4 is 29.7 Å². The van der Waals surface area contributed by atoms with Crippen LogP contribution in [0.3, 0.4) is 0 Å². The van der Waals surface area contributed by atoms with E-state index in [0.29, 0.717) is 19.4 Å². The molecule has 0 aliphatic heterocycles. The fourth-order valence-electron chi connectivity index (χ4n) is 3.68. The number of aliphatic hydroxyl groups excluding tert-OH is 1. The number of nitrogens with two attached hydrogens (primary N) is 4. The SMILES string of the molecule is CC(O)C(NC(=O)C(CCCCN)NC(=O)C(N)Cc1ccccc1)C(=O)NC(CCCN=C(N)N)C(=O)O. The Morgan fingerprint density at radius 3 is 2.08 bits per heavy atom. The lowest BCUT2D eigenvalue weighted by Crippen LogP contribution is -2.59. The van der Waals surface area contributed by atoms with Crippen molar-refractivity contribution < 1.29 is 29.4 Å². The molecule has 5 unspecified atom stereocenters. The van der Waals surface area contributed by atoms with Crippen molar-refractivity contribution in [2.75, 3.05) is 13.1 Å². The highest BCUT2D eigenvalue weighted by Gasteiger charge is 2.32. The molecule has 0 aliphatic carbocycles. The van der Waals surface area contributed by atoms with Crippen molar-refractivity contribution in [3.63, 3.8) is 0 Å². The minimum atomic E-state index is -1.48. The van der Waals surface area contributed by atoms with Crippen molar-refractivity contribution in [3.05, 3.63) is 35.9 Å². The van der Waals surface area contributed by atoms with Gasteiger partial charge in [0, 0.05) is 6.54 Å². The van der Waals surface area contributed by atoms with Crippen molar-refractivity contribution in [2.24, 2.45) is 27.9 Å². The van der Waals surface area contributed by atoms with Gasteiger partial charge < -0.3 is 49.1 Å². The van der Waals surface area contributed by atoms with E-state index in [2.05, 4.69) is 20.9 Å². The Labute approximate surface area is 228 Å². The Kier molecular flexibility index (Phi) is 15.1. The topological polar surface area (TPSA) is 261 Å². The molecule has 0 saturated heterocycles. The van der Waals surface area contributed by atoms with Crippen molar-refractivity contribution in [2.45, 2.75) is 75.7 Å². The van der Waals surface area contributed by atoms with Crippen molar-refractivity contribution in [1.29, 1.82) is 0 Å². The molecule has 1 aromatic carbocycles. The number of hydrogen-bond donors (Lipinski definition) is 9. The fourth-order valence-corrected chi connectivity index (χ4v) is 3.68. The smallest absolute Gasteiger partial charge is 0.326 e. The summed E-state index contributed by atoms with van der Waals surface area (Å²) in [7, 11) is 0. The number of unbranched alkanes of at least 4 members (excludes halogenated alkanes) is 1. The molecule has 0 fully saturated rings. The van der Waals surface area contributed by atoms with E-state index in [-0.39, 0.29) is 38.2 Å². The summed E-state index contributed by atoms with van der Waals surface area (Å²) in [5.41, 5.74) is 23.0. The van der Waals surface area contributed by atoms with Crippen molar-refractivity contribution in [3.8, 4) is 0 Å². The molecule has 0 heterocycles. The van der Waals surface area contributed by atoms with E-state index >= 15 is 0 Å². The molecular weight excluding hydrogens is 508 g/mol. The number of carboxylic acids is 1. The first kappa shape index (κ1) is 33.3. The van der Waals surface area contributed by atoms with Crippen LogP contribution in [0.4, 0.5) is 0 Å². The van der Waals surface area contributed by atoms with Gasteiger partial charge in [0.1, 0.15) is 18.1 Å². The van der Waals surface area contributed by atoms with Crippen molar-refractivity contribution in [1.82, 2.24) is 16.0 Å². The predicted molar refractivity (Wildman–Crippen MR) is 146 cm³/mol. The first-order valence-electron chi connectivity index (χ1n) is 12.8.